The lowest BCUT2D eigenvalue weighted by molar-refractivity contribution is -0.137. The summed E-state index contributed by atoms with van der Waals surface area (Å²) in [6.45, 7) is 1.76. The molecule has 5 rings (SSSR count). The molecule has 1 N–H and O–H groups in total. The van der Waals surface area contributed by atoms with Crippen LogP contribution in [0, 0.1) is 12.7 Å². The molecule has 1 aliphatic heterocycles. The van der Waals surface area contributed by atoms with E-state index in [1.54, 1.807) is 4.57 Å². The number of carboxylic acid groups (broad SMARTS) is 1. The van der Waals surface area contributed by atoms with Gasteiger partial charge in [-0.2, -0.15) is 4.31 Å². The number of rotatable bonds is 6. The first kappa shape index (κ1) is 22.3. The van der Waals surface area contributed by atoms with E-state index in [4.69, 9.17) is 0 Å². The first-order valence-electron chi connectivity index (χ1n) is 10.9. The van der Waals surface area contributed by atoms with E-state index >= 15 is 0 Å². The van der Waals surface area contributed by atoms with E-state index < -0.39 is 27.9 Å². The van der Waals surface area contributed by atoms with Crippen LogP contribution in [0.3, 0.4) is 0 Å². The molecular formula is C26H23FN2O4S. The van der Waals surface area contributed by atoms with Crippen LogP contribution in [0.5, 0.6) is 0 Å². The highest BCUT2D eigenvalue weighted by Crippen LogP contribution is 2.47. The van der Waals surface area contributed by atoms with Crippen molar-refractivity contribution in [1.29, 1.82) is 0 Å². The molecule has 1 unspecified atom stereocenters. The minimum Gasteiger partial charge on any atom is -0.480 e. The summed E-state index contributed by atoms with van der Waals surface area (Å²) < 4.78 is 44.5. The molecule has 2 heterocycles. The Morgan fingerprint density at radius 1 is 1.03 bits per heavy atom. The predicted molar refractivity (Wildman–Crippen MR) is 127 cm³/mol. The highest BCUT2D eigenvalue weighted by atomic mass is 32.2. The van der Waals surface area contributed by atoms with E-state index in [1.807, 2.05) is 61.5 Å². The normalized spacial score (nSPS) is 17.2. The van der Waals surface area contributed by atoms with Crippen LogP contribution < -0.4 is 0 Å². The maximum absolute atomic E-state index is 14.1. The molecule has 0 fully saturated rings. The molecule has 0 saturated heterocycles. The number of para-hydroxylation sites is 1. The molecular weight excluding hydrogens is 455 g/mol. The molecule has 3 aromatic carbocycles. The topological polar surface area (TPSA) is 79.6 Å². The number of hydrogen-bond donors (Lipinski definition) is 1. The fraction of sp³-hybridized carbons (Fsp3) is 0.192. The summed E-state index contributed by atoms with van der Waals surface area (Å²) in [5.41, 5.74) is 3.59. The van der Waals surface area contributed by atoms with E-state index in [-0.39, 0.29) is 18.0 Å². The number of nitrogens with zero attached hydrogens (tertiary/aromatic N) is 2. The summed E-state index contributed by atoms with van der Waals surface area (Å²) in [6.07, 6.45) is 0.486. The molecule has 1 atom stereocenters. The van der Waals surface area contributed by atoms with Crippen LogP contribution in [-0.4, -0.2) is 34.9 Å². The van der Waals surface area contributed by atoms with Crippen LogP contribution in [0.25, 0.3) is 10.9 Å². The van der Waals surface area contributed by atoms with Crippen molar-refractivity contribution in [3.8, 4) is 0 Å². The molecule has 0 saturated carbocycles. The van der Waals surface area contributed by atoms with Gasteiger partial charge in [0, 0.05) is 28.7 Å². The van der Waals surface area contributed by atoms with Gasteiger partial charge < -0.3 is 9.67 Å². The Balaban J connectivity index is 1.72. The zero-order chi connectivity index (χ0) is 24.0. The number of fused-ring (bicyclic) bond motifs is 2. The summed E-state index contributed by atoms with van der Waals surface area (Å²) in [6, 6.07) is 20.1. The summed E-state index contributed by atoms with van der Waals surface area (Å²) >= 11 is 0. The van der Waals surface area contributed by atoms with E-state index in [0.717, 1.165) is 22.6 Å². The van der Waals surface area contributed by atoms with Crippen molar-refractivity contribution in [3.05, 3.63) is 101 Å². The maximum Gasteiger partial charge on any atom is 0.323 e. The predicted octanol–water partition coefficient (Wildman–Crippen LogP) is 4.51. The standard InChI is InChI=1S/C26H23FN2O4S/c1-17-25(20-9-5-6-10-22(20)28(17)16-24(30)31)26-21-12-11-19(27)15-23(21)34(32,33)29(26)14-13-18-7-3-2-4-8-18/h2-12,15,26H,13-14,16H2,1H3,(H,30,31). The van der Waals surface area contributed by atoms with Crippen LogP contribution in [-0.2, 0) is 27.8 Å². The summed E-state index contributed by atoms with van der Waals surface area (Å²) in [5, 5.41) is 10.3. The van der Waals surface area contributed by atoms with Crippen LogP contribution in [0.1, 0.15) is 28.4 Å². The zero-order valence-corrected chi connectivity index (χ0v) is 19.3. The van der Waals surface area contributed by atoms with Crippen LogP contribution in [0.4, 0.5) is 4.39 Å². The van der Waals surface area contributed by atoms with Gasteiger partial charge in [-0.05, 0) is 42.7 Å². The number of sulfonamides is 1. The average molecular weight is 479 g/mol. The third kappa shape index (κ3) is 3.59. The Kier molecular flexibility index (Phi) is 5.50. The third-order valence-electron chi connectivity index (χ3n) is 6.46. The molecule has 0 radical (unpaired) electrons. The van der Waals surface area contributed by atoms with E-state index in [9.17, 15) is 22.7 Å². The number of carbonyl (C=O) groups is 1. The average Bonchev–Trinajstić information content (AvgIpc) is 3.20. The summed E-state index contributed by atoms with van der Waals surface area (Å²) in [5.74, 6) is -1.60. The molecule has 1 aromatic heterocycles. The molecule has 174 valence electrons. The van der Waals surface area contributed by atoms with Crippen molar-refractivity contribution < 1.29 is 22.7 Å². The van der Waals surface area contributed by atoms with Gasteiger partial charge in [-0.15, -0.1) is 0 Å². The van der Waals surface area contributed by atoms with Gasteiger partial charge in [-0.25, -0.2) is 12.8 Å². The SMILES string of the molecule is Cc1c(C2c3ccc(F)cc3S(=O)(=O)N2CCc2ccccc2)c2ccccc2n1CC(=O)O. The number of aromatic nitrogens is 1. The maximum atomic E-state index is 14.1. The lowest BCUT2D eigenvalue weighted by atomic mass is 9.95. The van der Waals surface area contributed by atoms with Crippen molar-refractivity contribution in [3.63, 3.8) is 0 Å². The van der Waals surface area contributed by atoms with Crippen LogP contribution in [0.15, 0.2) is 77.7 Å². The molecule has 34 heavy (non-hydrogen) atoms. The molecule has 1 aliphatic rings. The van der Waals surface area contributed by atoms with E-state index in [0.29, 0.717) is 23.2 Å². The second-order valence-corrected chi connectivity index (χ2v) is 10.3. The number of hydrogen-bond acceptors (Lipinski definition) is 3. The zero-order valence-electron chi connectivity index (χ0n) is 18.5. The first-order chi connectivity index (χ1) is 16.3. The number of halogens is 1. The Morgan fingerprint density at radius 2 is 1.74 bits per heavy atom. The van der Waals surface area contributed by atoms with Gasteiger partial charge in [-0.1, -0.05) is 54.6 Å². The second kappa shape index (κ2) is 8.38. The number of carboxylic acids is 1. The number of aliphatic carboxylic acids is 1. The smallest absolute Gasteiger partial charge is 0.323 e. The Bertz CT molecular complexity index is 1510. The molecule has 0 amide bonds. The summed E-state index contributed by atoms with van der Waals surface area (Å²) in [4.78, 5) is 11.5. The van der Waals surface area contributed by atoms with Crippen molar-refractivity contribution in [2.45, 2.75) is 30.8 Å². The fourth-order valence-corrected chi connectivity index (χ4v) is 6.77. The van der Waals surface area contributed by atoms with Gasteiger partial charge >= 0.3 is 5.97 Å². The monoisotopic (exact) mass is 478 g/mol. The Labute approximate surface area is 196 Å². The van der Waals surface area contributed by atoms with E-state index in [1.165, 1.54) is 16.4 Å². The third-order valence-corrected chi connectivity index (χ3v) is 8.38. The molecule has 0 bridgehead atoms. The van der Waals surface area contributed by atoms with Crippen molar-refractivity contribution >= 4 is 26.9 Å². The van der Waals surface area contributed by atoms with Crippen LogP contribution in [0.2, 0.25) is 0 Å². The first-order valence-corrected chi connectivity index (χ1v) is 12.4. The van der Waals surface area contributed by atoms with Crippen molar-refractivity contribution in [2.24, 2.45) is 0 Å². The molecule has 0 spiro atoms. The van der Waals surface area contributed by atoms with Gasteiger partial charge in [0.25, 0.3) is 0 Å². The molecule has 0 aliphatic carbocycles. The second-order valence-electron chi connectivity index (χ2n) is 8.43. The summed E-state index contributed by atoms with van der Waals surface area (Å²) in [7, 11) is -3.97. The fourth-order valence-electron chi connectivity index (χ4n) is 4.95. The van der Waals surface area contributed by atoms with Crippen LogP contribution >= 0.6 is 0 Å². The molecule has 4 aromatic rings. The van der Waals surface area contributed by atoms with Crippen molar-refractivity contribution in [2.75, 3.05) is 6.54 Å². The van der Waals surface area contributed by atoms with Gasteiger partial charge in [0.15, 0.2) is 0 Å². The minimum absolute atomic E-state index is 0.0416. The van der Waals surface area contributed by atoms with Gasteiger partial charge in [-0.3, -0.25) is 4.79 Å². The Morgan fingerprint density at radius 3 is 2.47 bits per heavy atom. The molecule has 8 heteroatoms. The lowest BCUT2D eigenvalue weighted by Crippen LogP contribution is -2.31. The minimum atomic E-state index is -3.97. The van der Waals surface area contributed by atoms with Gasteiger partial charge in [0.05, 0.1) is 10.9 Å². The Hall–Kier alpha value is -3.49. The van der Waals surface area contributed by atoms with E-state index in [2.05, 4.69) is 0 Å². The lowest BCUT2D eigenvalue weighted by Gasteiger charge is -2.24. The van der Waals surface area contributed by atoms with Gasteiger partial charge in [0.2, 0.25) is 10.0 Å². The van der Waals surface area contributed by atoms with Crippen molar-refractivity contribution in [1.82, 2.24) is 8.87 Å². The molecule has 6 nitrogen and oxygen atoms in total. The number of benzene rings is 3. The largest absolute Gasteiger partial charge is 0.480 e. The highest BCUT2D eigenvalue weighted by Gasteiger charge is 2.45. The highest BCUT2D eigenvalue weighted by molar-refractivity contribution is 7.89. The van der Waals surface area contributed by atoms with Gasteiger partial charge in [0.1, 0.15) is 12.4 Å². The quantitative estimate of drug-likeness (QED) is 0.442.